The molecule has 1 N–H and O–H groups in total. The van der Waals surface area contributed by atoms with Gasteiger partial charge >= 0.3 is 0 Å². The number of hydrogen-bond donors (Lipinski definition) is 1. The molecule has 1 saturated heterocycles. The third-order valence-corrected chi connectivity index (χ3v) is 3.98. The number of nitrogens with one attached hydrogen (secondary N) is 1. The molecule has 0 saturated carbocycles. The summed E-state index contributed by atoms with van der Waals surface area (Å²) >= 11 is 0. The van der Waals surface area contributed by atoms with Crippen molar-refractivity contribution in [1.82, 2.24) is 10.2 Å². The predicted octanol–water partition coefficient (Wildman–Crippen LogP) is 2.26. The van der Waals surface area contributed by atoms with Crippen LogP contribution in [0.3, 0.4) is 0 Å². The van der Waals surface area contributed by atoms with Crippen LogP contribution >= 0.6 is 0 Å². The Morgan fingerprint density at radius 3 is 2.40 bits per heavy atom. The monoisotopic (exact) mass is 274 g/mol. The van der Waals surface area contributed by atoms with Gasteiger partial charge in [0.05, 0.1) is 0 Å². The van der Waals surface area contributed by atoms with E-state index in [1.807, 2.05) is 44.2 Å². The van der Waals surface area contributed by atoms with Crippen molar-refractivity contribution in [3.8, 4) is 0 Å². The van der Waals surface area contributed by atoms with Crippen LogP contribution in [0.5, 0.6) is 0 Å². The molecular weight excluding hydrogens is 252 g/mol. The molecule has 4 heteroatoms. The van der Waals surface area contributed by atoms with E-state index < -0.39 is 11.6 Å². The number of carbonyl (C=O) groups is 2. The summed E-state index contributed by atoms with van der Waals surface area (Å²) in [5.74, 6) is -0.0797. The number of piperazine rings is 1. The van der Waals surface area contributed by atoms with Crippen molar-refractivity contribution in [2.24, 2.45) is 0 Å². The van der Waals surface area contributed by atoms with E-state index in [1.54, 1.807) is 11.8 Å². The smallest absolute Gasteiger partial charge is 0.248 e. The maximum absolute atomic E-state index is 12.7. The SMILES string of the molecule is CCCN1C(=O)C(C)(CC)NC(=O)C1c1ccccc1. The van der Waals surface area contributed by atoms with Crippen molar-refractivity contribution in [2.45, 2.75) is 45.2 Å². The summed E-state index contributed by atoms with van der Waals surface area (Å²) in [6.45, 7) is 6.34. The molecule has 4 nitrogen and oxygen atoms in total. The van der Waals surface area contributed by atoms with E-state index in [9.17, 15) is 9.59 Å². The molecule has 108 valence electrons. The number of nitrogens with zero attached hydrogens (tertiary/aromatic N) is 1. The number of amides is 2. The molecule has 1 aromatic carbocycles. The molecule has 2 amide bonds. The predicted molar refractivity (Wildman–Crippen MR) is 78.0 cm³/mol. The standard InChI is InChI=1S/C16H22N2O2/c1-4-11-18-13(12-9-7-6-8-10-12)14(19)17-16(3,5-2)15(18)20/h6-10,13H,4-5,11H2,1-3H3,(H,17,19). The van der Waals surface area contributed by atoms with Crippen LogP contribution in [-0.4, -0.2) is 28.8 Å². The Kier molecular flexibility index (Phi) is 4.12. The highest BCUT2D eigenvalue weighted by Crippen LogP contribution is 2.30. The lowest BCUT2D eigenvalue weighted by Crippen LogP contribution is -2.66. The molecule has 0 aliphatic carbocycles. The Labute approximate surface area is 120 Å². The minimum absolute atomic E-state index is 0.00954. The first-order chi connectivity index (χ1) is 9.53. The molecule has 2 rings (SSSR count). The Hall–Kier alpha value is -1.84. The zero-order valence-electron chi connectivity index (χ0n) is 12.3. The minimum Gasteiger partial charge on any atom is -0.340 e. The number of carbonyl (C=O) groups excluding carboxylic acids is 2. The highest BCUT2D eigenvalue weighted by Gasteiger charge is 2.47. The summed E-state index contributed by atoms with van der Waals surface area (Å²) in [4.78, 5) is 26.9. The van der Waals surface area contributed by atoms with Gasteiger partial charge < -0.3 is 10.2 Å². The first-order valence-corrected chi connectivity index (χ1v) is 7.21. The molecule has 1 aliphatic heterocycles. The summed E-state index contributed by atoms with van der Waals surface area (Å²) in [6, 6.07) is 8.98. The lowest BCUT2D eigenvalue weighted by molar-refractivity contribution is -0.154. The van der Waals surface area contributed by atoms with Crippen molar-refractivity contribution in [3.63, 3.8) is 0 Å². The number of rotatable bonds is 4. The van der Waals surface area contributed by atoms with E-state index in [0.717, 1.165) is 12.0 Å². The van der Waals surface area contributed by atoms with Gasteiger partial charge in [-0.25, -0.2) is 0 Å². The van der Waals surface area contributed by atoms with Crippen LogP contribution < -0.4 is 5.32 Å². The molecule has 1 fully saturated rings. The molecule has 0 bridgehead atoms. The Morgan fingerprint density at radius 2 is 1.85 bits per heavy atom. The van der Waals surface area contributed by atoms with Gasteiger partial charge in [0.15, 0.2) is 0 Å². The minimum atomic E-state index is -0.780. The van der Waals surface area contributed by atoms with Crippen LogP contribution in [0.25, 0.3) is 0 Å². The molecule has 0 radical (unpaired) electrons. The van der Waals surface area contributed by atoms with Gasteiger partial charge in [0.25, 0.3) is 0 Å². The first kappa shape index (κ1) is 14.6. The lowest BCUT2D eigenvalue weighted by Gasteiger charge is -2.44. The van der Waals surface area contributed by atoms with E-state index in [4.69, 9.17) is 0 Å². The molecule has 1 heterocycles. The van der Waals surface area contributed by atoms with Gasteiger partial charge in [-0.3, -0.25) is 9.59 Å². The molecule has 20 heavy (non-hydrogen) atoms. The lowest BCUT2D eigenvalue weighted by atomic mass is 9.89. The van der Waals surface area contributed by atoms with Crippen molar-refractivity contribution in [1.29, 1.82) is 0 Å². The molecular formula is C16H22N2O2. The van der Waals surface area contributed by atoms with Crippen molar-refractivity contribution >= 4 is 11.8 Å². The topological polar surface area (TPSA) is 49.4 Å². The fourth-order valence-corrected chi connectivity index (χ4v) is 2.65. The molecule has 1 aliphatic rings. The summed E-state index contributed by atoms with van der Waals surface area (Å²) in [6.07, 6.45) is 1.43. The molecule has 2 unspecified atom stereocenters. The third-order valence-electron chi connectivity index (χ3n) is 3.98. The van der Waals surface area contributed by atoms with Crippen LogP contribution in [0.2, 0.25) is 0 Å². The zero-order valence-corrected chi connectivity index (χ0v) is 12.3. The summed E-state index contributed by atoms with van der Waals surface area (Å²) in [5.41, 5.74) is 0.0855. The average Bonchev–Trinajstić information content (AvgIpc) is 2.46. The van der Waals surface area contributed by atoms with Crippen LogP contribution in [0, 0.1) is 0 Å². The van der Waals surface area contributed by atoms with E-state index in [2.05, 4.69) is 5.32 Å². The average molecular weight is 274 g/mol. The second kappa shape index (κ2) is 5.65. The van der Waals surface area contributed by atoms with Gasteiger partial charge in [-0.05, 0) is 25.3 Å². The van der Waals surface area contributed by atoms with Crippen LogP contribution in [0.15, 0.2) is 30.3 Å². The molecule has 2 atom stereocenters. The number of hydrogen-bond acceptors (Lipinski definition) is 2. The highest BCUT2D eigenvalue weighted by molar-refractivity contribution is 6.00. The first-order valence-electron chi connectivity index (χ1n) is 7.21. The zero-order chi connectivity index (χ0) is 14.8. The normalized spacial score (nSPS) is 26.6. The fourth-order valence-electron chi connectivity index (χ4n) is 2.65. The maximum Gasteiger partial charge on any atom is 0.248 e. The van der Waals surface area contributed by atoms with Gasteiger partial charge in [0.1, 0.15) is 11.6 Å². The van der Waals surface area contributed by atoms with E-state index in [0.29, 0.717) is 13.0 Å². The van der Waals surface area contributed by atoms with Crippen LogP contribution in [0.4, 0.5) is 0 Å². The Balaban J connectivity index is 2.41. The second-order valence-corrected chi connectivity index (χ2v) is 5.49. The largest absolute Gasteiger partial charge is 0.340 e. The quantitative estimate of drug-likeness (QED) is 0.915. The highest BCUT2D eigenvalue weighted by atomic mass is 16.2. The Morgan fingerprint density at radius 1 is 1.20 bits per heavy atom. The van der Waals surface area contributed by atoms with Gasteiger partial charge in [-0.15, -0.1) is 0 Å². The fraction of sp³-hybridized carbons (Fsp3) is 0.500. The van der Waals surface area contributed by atoms with E-state index in [-0.39, 0.29) is 11.8 Å². The third kappa shape index (κ3) is 2.42. The number of benzene rings is 1. The van der Waals surface area contributed by atoms with Crippen LogP contribution in [0.1, 0.15) is 45.2 Å². The van der Waals surface area contributed by atoms with E-state index >= 15 is 0 Å². The van der Waals surface area contributed by atoms with Gasteiger partial charge in [-0.1, -0.05) is 44.2 Å². The Bertz CT molecular complexity index is 500. The van der Waals surface area contributed by atoms with Crippen LogP contribution in [-0.2, 0) is 9.59 Å². The second-order valence-electron chi connectivity index (χ2n) is 5.49. The van der Waals surface area contributed by atoms with Gasteiger partial charge in [-0.2, -0.15) is 0 Å². The summed E-state index contributed by atoms with van der Waals surface area (Å²) < 4.78 is 0. The molecule has 0 spiro atoms. The molecule has 1 aromatic rings. The van der Waals surface area contributed by atoms with Crippen molar-refractivity contribution in [3.05, 3.63) is 35.9 Å². The van der Waals surface area contributed by atoms with Gasteiger partial charge in [0.2, 0.25) is 11.8 Å². The van der Waals surface area contributed by atoms with Crippen molar-refractivity contribution in [2.75, 3.05) is 6.54 Å². The summed E-state index contributed by atoms with van der Waals surface area (Å²) in [7, 11) is 0. The van der Waals surface area contributed by atoms with Crippen molar-refractivity contribution < 1.29 is 9.59 Å². The van der Waals surface area contributed by atoms with E-state index in [1.165, 1.54) is 0 Å². The molecule has 0 aromatic heterocycles. The summed E-state index contributed by atoms with van der Waals surface area (Å²) in [5, 5.41) is 2.90. The maximum atomic E-state index is 12.7. The van der Waals surface area contributed by atoms with Gasteiger partial charge in [0, 0.05) is 6.54 Å².